The number of benzene rings is 1. The summed E-state index contributed by atoms with van der Waals surface area (Å²) < 4.78 is 7.76. The summed E-state index contributed by atoms with van der Waals surface area (Å²) in [5, 5.41) is 2.48. The van der Waals surface area contributed by atoms with Gasteiger partial charge < -0.3 is 14.8 Å². The number of esters is 2. The zero-order chi connectivity index (χ0) is 23.1. The van der Waals surface area contributed by atoms with E-state index in [1.165, 1.54) is 51.0 Å². The minimum Gasteiger partial charge on any atom is -0.467 e. The largest absolute Gasteiger partial charge is 0.467 e. The van der Waals surface area contributed by atoms with Crippen LogP contribution in [0.3, 0.4) is 0 Å². The summed E-state index contributed by atoms with van der Waals surface area (Å²) in [6.07, 6.45) is 12.1. The van der Waals surface area contributed by atoms with E-state index in [2.05, 4.69) is 32.9 Å². The Morgan fingerprint density at radius 3 is 2.16 bits per heavy atom. The summed E-state index contributed by atoms with van der Waals surface area (Å²) in [6.45, 7) is 2.59. The lowest BCUT2D eigenvalue weighted by Crippen LogP contribution is -2.40. The maximum absolute atomic E-state index is 12.3. The number of nitrogens with one attached hydrogen (secondary N) is 1. The molecule has 0 aliphatic heterocycles. The zero-order valence-electron chi connectivity index (χ0n) is 18.4. The molecule has 0 heterocycles. The molecule has 1 unspecified atom stereocenters. The summed E-state index contributed by atoms with van der Waals surface area (Å²) in [6, 6.07) is 6.25. The molecule has 0 radical (unpaired) electrons. The van der Waals surface area contributed by atoms with Gasteiger partial charge in [0, 0.05) is 5.69 Å². The average molecular weight is 519 g/mol. The Balaban J connectivity index is 2.32. The molecule has 0 saturated heterocycles. The molecule has 1 amide bonds. The van der Waals surface area contributed by atoms with E-state index in [1.54, 1.807) is 18.2 Å². The molecule has 0 fully saturated rings. The third kappa shape index (κ3) is 10.5. The molecule has 0 saturated carbocycles. The van der Waals surface area contributed by atoms with Gasteiger partial charge in [-0.2, -0.15) is 0 Å². The van der Waals surface area contributed by atoms with Crippen molar-refractivity contribution in [3.63, 3.8) is 0 Å². The number of carbonyl (C=O) groups is 3. The molecule has 0 aliphatic rings. The van der Waals surface area contributed by atoms with Crippen LogP contribution in [0.5, 0.6) is 0 Å². The fraction of sp³-hybridized carbons (Fsp3) is 0.609. The lowest BCUT2D eigenvalue weighted by Gasteiger charge is -2.16. The Kier molecular flexibility index (Phi) is 13.5. The topological polar surface area (TPSA) is 81.7 Å². The van der Waals surface area contributed by atoms with Gasteiger partial charge in [0.25, 0.3) is 9.69 Å². The fourth-order valence-corrected chi connectivity index (χ4v) is 3.38. The molecule has 1 rings (SSSR count). The van der Waals surface area contributed by atoms with Crippen molar-refractivity contribution in [1.29, 1.82) is 0 Å². The summed E-state index contributed by atoms with van der Waals surface area (Å²) in [5.74, 6) is -2.23. The molecule has 0 bridgehead atoms. The van der Waals surface area contributed by atoms with E-state index in [1.807, 2.05) is 0 Å². The molecular formula is C23H33BrClNO5. The third-order valence-electron chi connectivity index (χ3n) is 4.81. The van der Waals surface area contributed by atoms with Gasteiger partial charge in [0.1, 0.15) is 0 Å². The third-order valence-corrected chi connectivity index (χ3v) is 5.82. The molecule has 174 valence electrons. The quantitative estimate of drug-likeness (QED) is 0.129. The molecule has 31 heavy (non-hydrogen) atoms. The maximum atomic E-state index is 12.3. The van der Waals surface area contributed by atoms with Gasteiger partial charge in [0.05, 0.1) is 19.3 Å². The van der Waals surface area contributed by atoms with Crippen molar-refractivity contribution >= 4 is 51.1 Å². The van der Waals surface area contributed by atoms with Crippen molar-refractivity contribution in [1.82, 2.24) is 0 Å². The van der Waals surface area contributed by atoms with Crippen LogP contribution >= 0.6 is 27.5 Å². The number of anilines is 1. The van der Waals surface area contributed by atoms with Crippen molar-refractivity contribution in [3.8, 4) is 0 Å². The number of hydrogen-bond acceptors (Lipinski definition) is 5. The average Bonchev–Trinajstić information content (AvgIpc) is 2.76. The highest BCUT2D eigenvalue weighted by Gasteiger charge is 2.43. The highest BCUT2D eigenvalue weighted by Crippen LogP contribution is 2.27. The van der Waals surface area contributed by atoms with Crippen molar-refractivity contribution in [2.24, 2.45) is 0 Å². The van der Waals surface area contributed by atoms with Gasteiger partial charge in [-0.25, -0.2) is 9.59 Å². The van der Waals surface area contributed by atoms with Crippen LogP contribution in [0.4, 0.5) is 5.69 Å². The van der Waals surface area contributed by atoms with Gasteiger partial charge in [-0.15, -0.1) is 0 Å². The Morgan fingerprint density at radius 2 is 1.58 bits per heavy atom. The van der Waals surface area contributed by atoms with Gasteiger partial charge in [-0.05, 0) is 40.5 Å². The number of hydrogen-bond donors (Lipinski definition) is 1. The van der Waals surface area contributed by atoms with Crippen LogP contribution in [0.15, 0.2) is 24.3 Å². The number of unbranched alkanes of at least 4 members (excludes halogenated alkanes) is 9. The van der Waals surface area contributed by atoms with Crippen molar-refractivity contribution in [2.45, 2.75) is 74.9 Å². The Morgan fingerprint density at radius 1 is 1.00 bits per heavy atom. The second kappa shape index (κ2) is 15.2. The first-order valence-electron chi connectivity index (χ1n) is 10.9. The van der Waals surface area contributed by atoms with E-state index in [4.69, 9.17) is 16.3 Å². The molecule has 0 spiro atoms. The number of ether oxygens (including phenoxy) is 2. The van der Waals surface area contributed by atoms with E-state index >= 15 is 0 Å². The smallest absolute Gasteiger partial charge is 0.347 e. The number of carbonyl (C=O) groups excluding carboxylic acids is 3. The monoisotopic (exact) mass is 517 g/mol. The van der Waals surface area contributed by atoms with E-state index in [9.17, 15) is 14.4 Å². The zero-order valence-corrected chi connectivity index (χ0v) is 20.7. The molecule has 0 aliphatic carbocycles. The number of alkyl halides is 2. The highest BCUT2D eigenvalue weighted by atomic mass is 79.9. The lowest BCUT2D eigenvalue weighted by molar-refractivity contribution is -0.143. The minimum absolute atomic E-state index is 0.303. The van der Waals surface area contributed by atoms with Crippen molar-refractivity contribution < 1.29 is 23.9 Å². The van der Waals surface area contributed by atoms with Gasteiger partial charge in [-0.1, -0.05) is 82.4 Å². The summed E-state index contributed by atoms with van der Waals surface area (Å²) >= 11 is 8.73. The summed E-state index contributed by atoms with van der Waals surface area (Å²) in [7, 11) is 1.12. The molecule has 1 aromatic rings. The molecule has 8 heteroatoms. The molecule has 0 aromatic heterocycles. The second-order valence-corrected chi connectivity index (χ2v) is 9.63. The first kappa shape index (κ1) is 27.4. The number of amides is 1. The van der Waals surface area contributed by atoms with Crippen molar-refractivity contribution in [3.05, 3.63) is 29.8 Å². The molecule has 6 nitrogen and oxygen atoms in total. The fourth-order valence-electron chi connectivity index (χ4n) is 2.99. The Labute approximate surface area is 198 Å². The van der Waals surface area contributed by atoms with Crippen LogP contribution in [-0.4, -0.2) is 35.3 Å². The summed E-state index contributed by atoms with van der Waals surface area (Å²) in [4.78, 5) is 36.0. The van der Waals surface area contributed by atoms with Gasteiger partial charge in [0.15, 0.2) is 0 Å². The Bertz CT molecular complexity index is 711. The van der Waals surface area contributed by atoms with Crippen LogP contribution < -0.4 is 5.32 Å². The van der Waals surface area contributed by atoms with Crippen LogP contribution in [0.2, 0.25) is 0 Å². The Hall–Kier alpha value is -1.60. The van der Waals surface area contributed by atoms with Crippen LogP contribution in [0, 0.1) is 0 Å². The van der Waals surface area contributed by atoms with Crippen LogP contribution in [-0.2, 0) is 19.1 Å². The van der Waals surface area contributed by atoms with E-state index in [-0.39, 0.29) is 0 Å². The first-order chi connectivity index (χ1) is 14.8. The molecule has 1 N–H and O–H groups in total. The number of halogens is 2. The number of rotatable bonds is 15. The number of methoxy groups -OCH3 is 1. The SMILES string of the molecule is CCCCCCCCCCCCOC(=O)c1cccc(NC(=O)C(Cl)(Br)C(=O)OC)c1. The lowest BCUT2D eigenvalue weighted by atomic mass is 10.1. The standard InChI is InChI=1S/C23H33BrClNO5/c1-3-4-5-6-7-8-9-10-11-12-16-31-20(27)18-14-13-15-19(17-18)26-21(28)23(24,25)22(29)30-2/h13-15,17H,3-12,16H2,1-2H3,(H,26,28). The van der Waals surface area contributed by atoms with E-state index in [0.717, 1.165) is 26.4 Å². The van der Waals surface area contributed by atoms with Crippen LogP contribution in [0.1, 0.15) is 81.5 Å². The molecular weight excluding hydrogens is 486 g/mol. The minimum atomic E-state index is -2.05. The molecule has 1 aromatic carbocycles. The second-order valence-electron chi connectivity index (χ2n) is 7.42. The first-order valence-corrected chi connectivity index (χ1v) is 12.0. The maximum Gasteiger partial charge on any atom is 0.347 e. The van der Waals surface area contributed by atoms with Crippen molar-refractivity contribution in [2.75, 3.05) is 19.0 Å². The predicted molar refractivity (Wildman–Crippen MR) is 127 cm³/mol. The predicted octanol–water partition coefficient (Wildman–Crippen LogP) is 6.21. The van der Waals surface area contributed by atoms with Gasteiger partial charge in [-0.3, -0.25) is 4.79 Å². The highest BCUT2D eigenvalue weighted by molar-refractivity contribution is 9.11. The van der Waals surface area contributed by atoms with Gasteiger partial charge in [0.2, 0.25) is 0 Å². The normalized spacial score (nSPS) is 12.6. The summed E-state index contributed by atoms with van der Waals surface area (Å²) in [5.41, 5.74) is 0.615. The van der Waals surface area contributed by atoms with E-state index in [0.29, 0.717) is 17.9 Å². The van der Waals surface area contributed by atoms with Crippen LogP contribution in [0.25, 0.3) is 0 Å². The molecule has 1 atom stereocenters. The van der Waals surface area contributed by atoms with E-state index < -0.39 is 21.6 Å². The van der Waals surface area contributed by atoms with Gasteiger partial charge >= 0.3 is 11.9 Å².